The van der Waals surface area contributed by atoms with E-state index in [9.17, 15) is 96.1 Å². The first-order chi connectivity index (χ1) is 37.9. The number of benzene rings is 4. The number of hydrogen-bond donors (Lipinski definition) is 16. The lowest BCUT2D eigenvalue weighted by molar-refractivity contribution is -0.328. The van der Waals surface area contributed by atoms with Gasteiger partial charge in [-0.15, -0.1) is 0 Å². The number of phenolic OH excluding ortho intramolecular Hbond substituents is 7. The van der Waals surface area contributed by atoms with E-state index in [-0.39, 0.29) is 50.9 Å². The first-order valence-electron chi connectivity index (χ1n) is 24.1. The van der Waals surface area contributed by atoms with Crippen molar-refractivity contribution < 1.29 is 138 Å². The summed E-state index contributed by atoms with van der Waals surface area (Å²) in [6.45, 7) is -2.56. The van der Waals surface area contributed by atoms with Gasteiger partial charge in [0.25, 0.3) is 11.9 Å². The minimum atomic E-state index is -2.04. The van der Waals surface area contributed by atoms with Crippen LogP contribution < -0.4 is 10.2 Å². The summed E-state index contributed by atoms with van der Waals surface area (Å²) in [6, 6.07) is 13.1. The lowest BCUT2D eigenvalue weighted by Gasteiger charge is -2.43. The van der Waals surface area contributed by atoms with Gasteiger partial charge in [0.2, 0.25) is 12.6 Å². The van der Waals surface area contributed by atoms with Crippen molar-refractivity contribution in [3.63, 3.8) is 0 Å². The fraction of sp³-hybridized carbons (Fsp3) is 0.392. The molecule has 4 aromatic carbocycles. The van der Waals surface area contributed by atoms with Gasteiger partial charge in [-0.2, -0.15) is 0 Å². The Hall–Kier alpha value is -7.75. The van der Waals surface area contributed by atoms with Crippen molar-refractivity contribution in [2.45, 2.75) is 105 Å². The number of hydrogen-bond acceptors (Lipinski definition) is 28. The van der Waals surface area contributed by atoms with E-state index in [1.54, 1.807) is 0 Å². The van der Waals surface area contributed by atoms with Gasteiger partial charge in [-0.05, 0) is 36.4 Å². The first-order valence-corrected chi connectivity index (χ1v) is 24.1. The van der Waals surface area contributed by atoms with Gasteiger partial charge in [-0.25, -0.2) is 0 Å². The lowest BCUT2D eigenvalue weighted by Crippen LogP contribution is -2.61. The number of carbonyl (C=O) groups is 2. The Kier molecular flexibility index (Phi) is 16.5. The molecule has 4 aliphatic rings. The van der Waals surface area contributed by atoms with Gasteiger partial charge in [-0.1, -0.05) is 0 Å². The molecular formula is C51H53O29+. The summed E-state index contributed by atoms with van der Waals surface area (Å²) >= 11 is 0. The molecule has 430 valence electrons. The molecule has 80 heavy (non-hydrogen) atoms. The summed E-state index contributed by atoms with van der Waals surface area (Å²) < 4.78 is 54.4. The van der Waals surface area contributed by atoms with Crippen molar-refractivity contribution in [1.29, 1.82) is 0 Å². The Morgan fingerprint density at radius 3 is 1.66 bits per heavy atom. The highest BCUT2D eigenvalue weighted by Gasteiger charge is 2.50. The Morgan fingerprint density at radius 1 is 0.537 bits per heavy atom. The lowest BCUT2D eigenvalue weighted by atomic mass is 9.98. The number of aliphatic hydroxyl groups is 10. The zero-order chi connectivity index (χ0) is 57.6. The molecule has 0 spiro atoms. The van der Waals surface area contributed by atoms with Crippen molar-refractivity contribution >= 4 is 29.0 Å². The predicted molar refractivity (Wildman–Crippen MR) is 259 cm³/mol. The van der Waals surface area contributed by atoms with Gasteiger partial charge in [0.05, 0.1) is 18.2 Å². The molecule has 0 bridgehead atoms. The van der Waals surface area contributed by atoms with Gasteiger partial charge in [0.15, 0.2) is 34.7 Å². The normalized spacial score (nSPS) is 30.3. The van der Waals surface area contributed by atoms with E-state index in [2.05, 4.69) is 4.74 Å². The van der Waals surface area contributed by atoms with Crippen molar-refractivity contribution in [3.8, 4) is 63.1 Å². The molecule has 1 aromatic heterocycles. The number of aromatic hydroxyl groups is 8. The van der Waals surface area contributed by atoms with E-state index in [0.717, 1.165) is 30.3 Å². The molecule has 17 N–H and O–H groups in total. The van der Waals surface area contributed by atoms with Crippen molar-refractivity contribution in [2.75, 3.05) is 19.8 Å². The molecule has 0 radical (unpaired) electrons. The summed E-state index contributed by atoms with van der Waals surface area (Å²) in [6.07, 6.45) is -29.6. The number of ether oxygens (including phenoxy) is 9. The number of phenols is 7. The van der Waals surface area contributed by atoms with Crippen LogP contribution in [0.15, 0.2) is 81.7 Å². The van der Waals surface area contributed by atoms with Crippen LogP contribution in [0.25, 0.3) is 28.4 Å². The third kappa shape index (κ3) is 11.8. The molecular weight excluding hydrogens is 1080 g/mol. The molecule has 4 aliphatic heterocycles. The molecule has 9 rings (SSSR count). The number of carbonyl (C=O) groups excluding carboxylic acids is 2. The largest absolute Gasteiger partial charge is 0.571 e. The van der Waals surface area contributed by atoms with Crippen LogP contribution >= 0.6 is 0 Å². The summed E-state index contributed by atoms with van der Waals surface area (Å²) in [5.74, 6) is -7.00. The van der Waals surface area contributed by atoms with Crippen LogP contribution in [-0.4, -0.2) is 210 Å². The first kappa shape index (κ1) is 57.0. The Labute approximate surface area is 447 Å². The standard InChI is InChI=1S/C51H52O29/c52-19-3-1-17(2-4-19)28-12-25(56)37-24(55)9-21(10-30(37)75-28)74-50-46(69)43(66)40(63)33(79-50)15-72-36(60)13-35(59)71-14-32-39(62)42(65)45(68)49(78-32)73-16-34-41(64)44(67)47(70)51(80-34)77-31-11-22-23(54)7-20(53)8-29(22)76-48(31)18-5-26(57)38(61)27(58)6-18/h1-12,32-34,39-55,57-58,61-70H,13-16H2/p+1/t32-,33-,34-,39-,40-,41-,42+,43+,44+,45-,46+,47-,48?,49-,50-,51-/m1/s1. The molecule has 3 fully saturated rings. The van der Waals surface area contributed by atoms with Crippen LogP contribution in [0.5, 0.6) is 51.7 Å². The average Bonchev–Trinajstić information content (AvgIpc) is 3.49. The van der Waals surface area contributed by atoms with E-state index >= 15 is 0 Å². The number of aliphatic hydroxyl groups excluding tert-OH is 9. The Bertz CT molecular complexity index is 3160. The number of esters is 2. The molecule has 5 heterocycles. The van der Waals surface area contributed by atoms with Gasteiger partial charge >= 0.3 is 11.9 Å². The summed E-state index contributed by atoms with van der Waals surface area (Å²) in [5.41, 5.74) is -0.471. The van der Waals surface area contributed by atoms with Crippen LogP contribution in [0.1, 0.15) is 23.7 Å². The third-order valence-electron chi connectivity index (χ3n) is 13.3. The van der Waals surface area contributed by atoms with E-state index in [1.165, 1.54) is 42.5 Å². The fourth-order valence-electron chi connectivity index (χ4n) is 9.01. The second kappa shape index (κ2) is 23.1. The topological polar surface area (TPSA) is 475 Å². The minimum absolute atomic E-state index is 0.00493. The summed E-state index contributed by atoms with van der Waals surface area (Å²) in [7, 11) is 0. The maximum absolute atomic E-state index is 12.9. The number of fused-ring (bicyclic) bond motifs is 2. The molecule has 29 nitrogen and oxygen atoms in total. The van der Waals surface area contributed by atoms with Crippen LogP contribution in [0.2, 0.25) is 0 Å². The SMILES string of the molecule is O=C(CC(=O)OC[C@H]1O[C@@H](OC[C@H]2O[C@@H](OC3=Cc4c(O)cc(O)cc4[OH+]C3c3cc(O)c(O)c(O)c3)[C@H](O)[C@@H](O)[C@@H]2O)[C@H](O)[C@@H](O)[C@@H]1O)OC[C@H]1O[C@@H](Oc2cc(O)c3c(=O)cc(-c4ccc(O)cc4)oc3c2)[C@@H](O)[C@@H](O)[C@@H]1O. The van der Waals surface area contributed by atoms with Gasteiger partial charge < -0.3 is 129 Å². The van der Waals surface area contributed by atoms with Gasteiger partial charge in [0.1, 0.15) is 144 Å². The summed E-state index contributed by atoms with van der Waals surface area (Å²) in [4.78, 5) is 38.5. The van der Waals surface area contributed by atoms with E-state index in [1.807, 2.05) is 0 Å². The van der Waals surface area contributed by atoms with Gasteiger partial charge in [-0.3, -0.25) is 14.4 Å². The van der Waals surface area contributed by atoms with E-state index in [4.69, 9.17) is 42.3 Å². The highest BCUT2D eigenvalue weighted by atomic mass is 16.7. The van der Waals surface area contributed by atoms with Crippen LogP contribution in [-0.2, 0) is 42.7 Å². The minimum Gasteiger partial charge on any atom is -0.571 e. The third-order valence-corrected chi connectivity index (χ3v) is 13.3. The molecule has 16 atom stereocenters. The molecule has 3 saturated heterocycles. The van der Waals surface area contributed by atoms with Crippen LogP contribution in [0.4, 0.5) is 0 Å². The molecule has 0 amide bonds. The van der Waals surface area contributed by atoms with Gasteiger partial charge in [0, 0.05) is 35.9 Å². The van der Waals surface area contributed by atoms with E-state index < -0.39 is 176 Å². The fourth-order valence-corrected chi connectivity index (χ4v) is 9.01. The smallest absolute Gasteiger partial charge is 0.317 e. The zero-order valence-corrected chi connectivity index (χ0v) is 41.0. The number of rotatable bonds is 15. The monoisotopic (exact) mass is 1130 g/mol. The quantitative estimate of drug-likeness (QED) is 0.0228. The van der Waals surface area contributed by atoms with Crippen molar-refractivity contribution in [2.24, 2.45) is 0 Å². The predicted octanol–water partition coefficient (Wildman–Crippen LogP) is -2.25. The molecule has 29 heteroatoms. The molecule has 1 unspecified atom stereocenters. The Morgan fingerprint density at radius 2 is 1.07 bits per heavy atom. The second-order valence-corrected chi connectivity index (χ2v) is 18.9. The summed E-state index contributed by atoms with van der Waals surface area (Å²) in [5, 5.41) is 168. The highest BCUT2D eigenvalue weighted by molar-refractivity contribution is 5.91. The zero-order valence-electron chi connectivity index (χ0n) is 41.0. The van der Waals surface area contributed by atoms with Crippen molar-refractivity contribution in [3.05, 3.63) is 93.8 Å². The van der Waals surface area contributed by atoms with E-state index in [0.29, 0.717) is 5.56 Å². The van der Waals surface area contributed by atoms with Crippen LogP contribution in [0.3, 0.4) is 0 Å². The maximum Gasteiger partial charge on any atom is 0.317 e. The average molecular weight is 1130 g/mol. The second-order valence-electron chi connectivity index (χ2n) is 18.9. The Balaban J connectivity index is 0.786. The molecule has 0 aliphatic carbocycles. The van der Waals surface area contributed by atoms with Crippen molar-refractivity contribution in [1.82, 2.24) is 0 Å². The van der Waals surface area contributed by atoms with Crippen LogP contribution in [0, 0.1) is 0 Å². The highest BCUT2D eigenvalue weighted by Crippen LogP contribution is 2.48. The maximum atomic E-state index is 12.9. The molecule has 5 aromatic rings. The molecule has 0 saturated carbocycles.